The van der Waals surface area contributed by atoms with Crippen LogP contribution in [0.4, 0.5) is 0 Å². The number of nitrogens with one attached hydrogen (secondary N) is 1. The third kappa shape index (κ3) is 2.84. The molecule has 3 nitrogen and oxygen atoms in total. The summed E-state index contributed by atoms with van der Waals surface area (Å²) < 4.78 is 24.4. The largest absolute Gasteiger partial charge is 0.309 e. The number of halogens is 1. The Morgan fingerprint density at radius 3 is 2.81 bits per heavy atom. The zero-order chi connectivity index (χ0) is 11.6. The summed E-state index contributed by atoms with van der Waals surface area (Å²) in [5.41, 5.74) is 1.02. The Morgan fingerprint density at radius 1 is 1.31 bits per heavy atom. The molecule has 5 heteroatoms. The number of benzene rings is 1. The average molecular weight is 304 g/mol. The van der Waals surface area contributed by atoms with Gasteiger partial charge in [0.15, 0.2) is 9.84 Å². The van der Waals surface area contributed by atoms with Crippen molar-refractivity contribution in [2.45, 2.75) is 12.5 Å². The van der Waals surface area contributed by atoms with Gasteiger partial charge in [0.25, 0.3) is 0 Å². The van der Waals surface area contributed by atoms with Crippen LogP contribution in [0.25, 0.3) is 0 Å². The lowest BCUT2D eigenvalue weighted by Gasteiger charge is -2.17. The predicted molar refractivity (Wildman–Crippen MR) is 68.2 cm³/mol. The Hall–Kier alpha value is -0.390. The summed E-state index contributed by atoms with van der Waals surface area (Å²) in [6.45, 7) is 0.755. The standard InChI is InChI=1S/C11H14BrNO2S/c12-10-5-2-1-4-9(10)11-8-16(14,15)7-3-6-13-11/h1-2,4-5,11,13H,3,6-8H2. The van der Waals surface area contributed by atoms with E-state index in [1.165, 1.54) is 0 Å². The molecule has 1 unspecified atom stereocenters. The van der Waals surface area contributed by atoms with Gasteiger partial charge in [0.1, 0.15) is 0 Å². The van der Waals surface area contributed by atoms with Crippen LogP contribution < -0.4 is 5.32 Å². The van der Waals surface area contributed by atoms with Gasteiger partial charge in [0.2, 0.25) is 0 Å². The molecule has 16 heavy (non-hydrogen) atoms. The van der Waals surface area contributed by atoms with Crippen LogP contribution in [0.2, 0.25) is 0 Å². The monoisotopic (exact) mass is 303 g/mol. The average Bonchev–Trinajstić information content (AvgIpc) is 2.40. The van der Waals surface area contributed by atoms with Gasteiger partial charge in [-0.15, -0.1) is 0 Å². The second-order valence-electron chi connectivity index (χ2n) is 4.00. The van der Waals surface area contributed by atoms with E-state index in [4.69, 9.17) is 0 Å². The van der Waals surface area contributed by atoms with Crippen LogP contribution in [-0.4, -0.2) is 26.5 Å². The molecule has 1 atom stereocenters. The van der Waals surface area contributed by atoms with E-state index < -0.39 is 9.84 Å². The smallest absolute Gasteiger partial charge is 0.152 e. The van der Waals surface area contributed by atoms with E-state index in [0.29, 0.717) is 12.2 Å². The first-order valence-corrected chi connectivity index (χ1v) is 7.88. The van der Waals surface area contributed by atoms with E-state index >= 15 is 0 Å². The highest BCUT2D eigenvalue weighted by molar-refractivity contribution is 9.10. The zero-order valence-corrected chi connectivity index (χ0v) is 11.2. The van der Waals surface area contributed by atoms with Crippen molar-refractivity contribution in [2.75, 3.05) is 18.1 Å². The quantitative estimate of drug-likeness (QED) is 0.862. The lowest BCUT2D eigenvalue weighted by molar-refractivity contribution is 0.571. The third-order valence-electron chi connectivity index (χ3n) is 2.72. The van der Waals surface area contributed by atoms with Crippen LogP contribution in [0.3, 0.4) is 0 Å². The third-order valence-corrected chi connectivity index (χ3v) is 5.20. The Bertz CT molecular complexity index is 473. The van der Waals surface area contributed by atoms with Crippen molar-refractivity contribution in [3.63, 3.8) is 0 Å². The van der Waals surface area contributed by atoms with Crippen molar-refractivity contribution in [1.82, 2.24) is 5.32 Å². The van der Waals surface area contributed by atoms with Gasteiger partial charge in [-0.3, -0.25) is 0 Å². The van der Waals surface area contributed by atoms with E-state index in [0.717, 1.165) is 16.6 Å². The fourth-order valence-corrected chi connectivity index (χ4v) is 4.04. The molecular weight excluding hydrogens is 290 g/mol. The van der Waals surface area contributed by atoms with Crippen molar-refractivity contribution in [3.05, 3.63) is 34.3 Å². The first-order chi connectivity index (χ1) is 7.58. The topological polar surface area (TPSA) is 46.2 Å². The maximum Gasteiger partial charge on any atom is 0.152 e. The molecule has 1 saturated heterocycles. The summed E-state index contributed by atoms with van der Waals surface area (Å²) in [6.07, 6.45) is 0.698. The SMILES string of the molecule is O=S1(=O)CCCNC(c2ccccc2Br)C1. The second-order valence-corrected chi connectivity index (χ2v) is 7.08. The van der Waals surface area contributed by atoms with Crippen LogP contribution >= 0.6 is 15.9 Å². The van der Waals surface area contributed by atoms with E-state index in [-0.39, 0.29) is 11.8 Å². The van der Waals surface area contributed by atoms with E-state index in [2.05, 4.69) is 21.2 Å². The van der Waals surface area contributed by atoms with Gasteiger partial charge < -0.3 is 5.32 Å². The number of sulfone groups is 1. The molecule has 1 aliphatic heterocycles. The fraction of sp³-hybridized carbons (Fsp3) is 0.455. The van der Waals surface area contributed by atoms with Crippen molar-refractivity contribution >= 4 is 25.8 Å². The Morgan fingerprint density at radius 2 is 2.06 bits per heavy atom. The van der Waals surface area contributed by atoms with E-state index in [1.807, 2.05) is 24.3 Å². The Labute approximate surface area is 104 Å². The highest BCUT2D eigenvalue weighted by Crippen LogP contribution is 2.25. The lowest BCUT2D eigenvalue weighted by atomic mass is 10.1. The summed E-state index contributed by atoms with van der Waals surface area (Å²) in [4.78, 5) is 0. The molecule has 1 N–H and O–H groups in total. The molecule has 1 aromatic carbocycles. The van der Waals surface area contributed by atoms with Crippen molar-refractivity contribution in [2.24, 2.45) is 0 Å². The molecule has 1 aromatic rings. The van der Waals surface area contributed by atoms with Crippen molar-refractivity contribution in [3.8, 4) is 0 Å². The van der Waals surface area contributed by atoms with Gasteiger partial charge in [-0.05, 0) is 24.6 Å². The molecule has 1 heterocycles. The number of hydrogen-bond acceptors (Lipinski definition) is 3. The highest BCUT2D eigenvalue weighted by atomic mass is 79.9. The molecule has 88 valence electrons. The summed E-state index contributed by atoms with van der Waals surface area (Å²) in [7, 11) is -2.92. The second kappa shape index (κ2) is 4.85. The van der Waals surface area contributed by atoms with Crippen LogP contribution in [0, 0.1) is 0 Å². The summed E-state index contributed by atoms with van der Waals surface area (Å²) in [6, 6.07) is 7.66. The maximum absolute atomic E-state index is 11.7. The first-order valence-electron chi connectivity index (χ1n) is 5.27. The van der Waals surface area contributed by atoms with E-state index in [9.17, 15) is 8.42 Å². The van der Waals surface area contributed by atoms with Gasteiger partial charge in [-0.25, -0.2) is 8.42 Å². The molecule has 1 fully saturated rings. The van der Waals surface area contributed by atoms with Crippen molar-refractivity contribution < 1.29 is 8.42 Å². The van der Waals surface area contributed by atoms with E-state index in [1.54, 1.807) is 0 Å². The van der Waals surface area contributed by atoms with Gasteiger partial charge in [-0.1, -0.05) is 34.1 Å². The summed E-state index contributed by atoms with van der Waals surface area (Å²) >= 11 is 3.46. The minimum atomic E-state index is -2.92. The zero-order valence-electron chi connectivity index (χ0n) is 8.82. The molecule has 0 aromatic heterocycles. The molecule has 0 radical (unpaired) electrons. The van der Waals surface area contributed by atoms with Crippen LogP contribution in [-0.2, 0) is 9.84 Å². The molecule has 1 aliphatic rings. The van der Waals surface area contributed by atoms with Gasteiger partial charge >= 0.3 is 0 Å². The highest BCUT2D eigenvalue weighted by Gasteiger charge is 2.24. The van der Waals surface area contributed by atoms with Gasteiger partial charge in [0.05, 0.1) is 11.5 Å². The molecule has 2 rings (SSSR count). The molecular formula is C11H14BrNO2S. The van der Waals surface area contributed by atoms with Crippen LogP contribution in [0.15, 0.2) is 28.7 Å². The molecule has 0 aliphatic carbocycles. The fourth-order valence-electron chi connectivity index (χ4n) is 1.92. The Kier molecular flexibility index (Phi) is 3.66. The molecule has 0 bridgehead atoms. The first kappa shape index (κ1) is 12.1. The number of rotatable bonds is 1. The Balaban J connectivity index is 2.30. The molecule has 0 spiro atoms. The normalized spacial score (nSPS) is 24.9. The van der Waals surface area contributed by atoms with Gasteiger partial charge in [-0.2, -0.15) is 0 Å². The number of hydrogen-bond donors (Lipinski definition) is 1. The molecule has 0 saturated carbocycles. The van der Waals surface area contributed by atoms with Crippen LogP contribution in [0.1, 0.15) is 18.0 Å². The van der Waals surface area contributed by atoms with Crippen LogP contribution in [0.5, 0.6) is 0 Å². The lowest BCUT2D eigenvalue weighted by Crippen LogP contribution is -2.25. The minimum Gasteiger partial charge on any atom is -0.309 e. The maximum atomic E-state index is 11.7. The molecule has 0 amide bonds. The summed E-state index contributed by atoms with van der Waals surface area (Å²) in [5.74, 6) is 0.483. The predicted octanol–water partition coefficient (Wildman–Crippen LogP) is 1.90. The van der Waals surface area contributed by atoms with Gasteiger partial charge in [0, 0.05) is 10.5 Å². The summed E-state index contributed by atoms with van der Waals surface area (Å²) in [5, 5.41) is 3.29. The minimum absolute atomic E-state index is 0.0944. The van der Waals surface area contributed by atoms with Crippen molar-refractivity contribution in [1.29, 1.82) is 0 Å².